The Labute approximate surface area is 215 Å². The molecule has 0 aromatic heterocycles. The van der Waals surface area contributed by atoms with Crippen molar-refractivity contribution >= 4 is 6.08 Å². The zero-order valence-electron chi connectivity index (χ0n) is 21.6. The average Bonchev–Trinajstić information content (AvgIpc) is 2.82. The Kier molecular flexibility index (Phi) is 10.8. The van der Waals surface area contributed by atoms with Crippen LogP contribution in [0.1, 0.15) is 102 Å². The Balaban J connectivity index is 1.42. The van der Waals surface area contributed by atoms with Gasteiger partial charge in [0.15, 0.2) is 0 Å². The molecule has 0 atom stereocenters. The first kappa shape index (κ1) is 29.8. The van der Waals surface area contributed by atoms with E-state index in [1.807, 2.05) is 0 Å². The van der Waals surface area contributed by atoms with Crippen molar-refractivity contribution in [1.82, 2.24) is 0 Å². The van der Waals surface area contributed by atoms with Crippen molar-refractivity contribution in [3.05, 3.63) is 35.4 Å². The number of ether oxygens (including phenoxy) is 1. The first-order chi connectivity index (χ1) is 17.5. The van der Waals surface area contributed by atoms with E-state index in [0.29, 0.717) is 18.1 Å². The topological polar surface area (TPSA) is 9.23 Å². The lowest BCUT2D eigenvalue weighted by Gasteiger charge is -2.38. The molecule has 210 valence electrons. The van der Waals surface area contributed by atoms with E-state index in [2.05, 4.69) is 11.7 Å². The molecule has 0 radical (unpaired) electrons. The fourth-order valence-corrected chi connectivity index (χ4v) is 6.13. The molecule has 3 rings (SSSR count). The van der Waals surface area contributed by atoms with Crippen molar-refractivity contribution in [2.75, 3.05) is 0 Å². The quantitative estimate of drug-likeness (QED) is 0.202. The molecule has 1 aromatic carbocycles. The third-order valence-electron chi connectivity index (χ3n) is 8.27. The Morgan fingerprint density at radius 1 is 0.784 bits per heavy atom. The Bertz CT molecular complexity index is 840. The normalized spacial score (nSPS) is 25.5. The summed E-state index contributed by atoms with van der Waals surface area (Å²) in [4.78, 5) is 0. The molecule has 0 heterocycles. The van der Waals surface area contributed by atoms with Gasteiger partial charge in [0.05, 0.1) is 6.42 Å². The maximum atomic E-state index is 14.4. The number of alkyl halides is 5. The number of hydrogen-bond acceptors (Lipinski definition) is 1. The van der Waals surface area contributed by atoms with Crippen LogP contribution in [0.5, 0.6) is 5.75 Å². The van der Waals surface area contributed by atoms with E-state index in [4.69, 9.17) is 0 Å². The van der Waals surface area contributed by atoms with Gasteiger partial charge in [-0.15, -0.1) is 0 Å². The second-order valence-corrected chi connectivity index (χ2v) is 11.0. The minimum absolute atomic E-state index is 0.166. The van der Waals surface area contributed by atoms with E-state index in [9.17, 15) is 30.7 Å². The fourth-order valence-electron chi connectivity index (χ4n) is 6.13. The molecule has 0 bridgehead atoms. The van der Waals surface area contributed by atoms with Crippen molar-refractivity contribution in [2.45, 2.75) is 109 Å². The summed E-state index contributed by atoms with van der Waals surface area (Å²) in [7, 11) is 0. The van der Waals surface area contributed by atoms with Crippen LogP contribution in [0, 0.1) is 35.3 Å². The molecule has 0 unspecified atom stereocenters. The maximum absolute atomic E-state index is 14.4. The van der Waals surface area contributed by atoms with Crippen molar-refractivity contribution in [2.24, 2.45) is 23.7 Å². The summed E-state index contributed by atoms with van der Waals surface area (Å²) >= 11 is 0. The van der Waals surface area contributed by atoms with Crippen LogP contribution in [0.3, 0.4) is 0 Å². The van der Waals surface area contributed by atoms with E-state index in [0.717, 1.165) is 37.5 Å². The number of benzene rings is 1. The van der Waals surface area contributed by atoms with Crippen LogP contribution in [0.4, 0.5) is 30.7 Å². The Morgan fingerprint density at radius 2 is 1.30 bits per heavy atom. The zero-order chi connectivity index (χ0) is 27.1. The van der Waals surface area contributed by atoms with Crippen molar-refractivity contribution in [3.63, 3.8) is 0 Å². The van der Waals surface area contributed by atoms with E-state index in [1.54, 1.807) is 0 Å². The summed E-state index contributed by atoms with van der Waals surface area (Å²) in [5.74, 6) is -1.08. The van der Waals surface area contributed by atoms with Crippen molar-refractivity contribution in [1.29, 1.82) is 0 Å². The minimum Gasteiger partial charge on any atom is -0.432 e. The number of allylic oxidation sites excluding steroid dienone is 1. The largest absolute Gasteiger partial charge is 0.432 e. The van der Waals surface area contributed by atoms with E-state index in [1.165, 1.54) is 51.4 Å². The van der Waals surface area contributed by atoms with Gasteiger partial charge >= 0.3 is 12.3 Å². The molecule has 0 saturated heterocycles. The smallest absolute Gasteiger partial charge is 0.409 e. The SMILES string of the molecule is CCCCCC1CCC(C2CCC(CCC(F)(F)Oc3cc(F)c(C=CC(F)(F)F)c(F)c3)CC2)CC1. The highest BCUT2D eigenvalue weighted by Gasteiger charge is 2.35. The van der Waals surface area contributed by atoms with Gasteiger partial charge in [0, 0.05) is 23.8 Å². The van der Waals surface area contributed by atoms with Crippen LogP contribution in [0.25, 0.3) is 6.08 Å². The zero-order valence-corrected chi connectivity index (χ0v) is 21.6. The summed E-state index contributed by atoms with van der Waals surface area (Å²) in [6, 6.07) is 0.966. The lowest BCUT2D eigenvalue weighted by molar-refractivity contribution is -0.183. The van der Waals surface area contributed by atoms with Gasteiger partial charge in [0.1, 0.15) is 17.4 Å². The average molecular weight is 537 g/mol. The van der Waals surface area contributed by atoms with Gasteiger partial charge < -0.3 is 4.74 Å². The van der Waals surface area contributed by atoms with Crippen LogP contribution >= 0.6 is 0 Å². The Morgan fingerprint density at radius 3 is 1.78 bits per heavy atom. The van der Waals surface area contributed by atoms with Gasteiger partial charge in [-0.25, -0.2) is 8.78 Å². The third-order valence-corrected chi connectivity index (χ3v) is 8.27. The van der Waals surface area contributed by atoms with Gasteiger partial charge in [0.25, 0.3) is 0 Å². The highest BCUT2D eigenvalue weighted by atomic mass is 19.4. The molecule has 37 heavy (non-hydrogen) atoms. The lowest BCUT2D eigenvalue weighted by atomic mass is 9.68. The van der Waals surface area contributed by atoms with Crippen LogP contribution < -0.4 is 4.74 Å². The molecular formula is C29H39F7O. The summed E-state index contributed by atoms with van der Waals surface area (Å²) in [5, 5.41) is 0. The van der Waals surface area contributed by atoms with Gasteiger partial charge in [-0.3, -0.25) is 0 Å². The maximum Gasteiger partial charge on any atom is 0.409 e. The molecule has 8 heteroatoms. The summed E-state index contributed by atoms with van der Waals surface area (Å²) in [6.07, 6.45) is 5.59. The van der Waals surface area contributed by atoms with Crippen LogP contribution in [0.15, 0.2) is 18.2 Å². The molecule has 2 saturated carbocycles. The van der Waals surface area contributed by atoms with Crippen LogP contribution in [0.2, 0.25) is 0 Å². The highest BCUT2D eigenvalue weighted by molar-refractivity contribution is 5.53. The molecule has 1 aromatic rings. The van der Waals surface area contributed by atoms with Crippen molar-refractivity contribution < 1.29 is 35.5 Å². The molecule has 0 aliphatic heterocycles. The molecule has 2 fully saturated rings. The molecule has 0 N–H and O–H groups in total. The summed E-state index contributed by atoms with van der Waals surface area (Å²) < 4.78 is 98.3. The number of hydrogen-bond donors (Lipinski definition) is 0. The van der Waals surface area contributed by atoms with Gasteiger partial charge in [-0.05, 0) is 61.9 Å². The molecule has 2 aliphatic carbocycles. The second-order valence-electron chi connectivity index (χ2n) is 11.0. The summed E-state index contributed by atoms with van der Waals surface area (Å²) in [6.45, 7) is 2.23. The first-order valence-electron chi connectivity index (χ1n) is 13.8. The molecule has 2 aliphatic rings. The van der Waals surface area contributed by atoms with Crippen molar-refractivity contribution in [3.8, 4) is 5.75 Å². The minimum atomic E-state index is -4.76. The lowest BCUT2D eigenvalue weighted by Crippen LogP contribution is -2.28. The third kappa shape index (κ3) is 9.82. The van der Waals surface area contributed by atoms with Gasteiger partial charge in [0.2, 0.25) is 0 Å². The molecular weight excluding hydrogens is 497 g/mol. The standard InChI is InChI=1S/C29H39F7O/c1-2-3-4-5-20-6-10-22(11-7-20)23-12-8-21(9-13-23)14-17-29(35,36)37-24-18-26(30)25(27(31)19-24)15-16-28(32,33)34/h15-16,18-23H,2-14,17H2,1H3. The molecule has 0 amide bonds. The van der Waals surface area contributed by atoms with E-state index < -0.39 is 41.7 Å². The number of halogens is 7. The van der Waals surface area contributed by atoms with Gasteiger partial charge in [-0.1, -0.05) is 58.3 Å². The highest BCUT2D eigenvalue weighted by Crippen LogP contribution is 2.43. The second kappa shape index (κ2) is 13.4. The predicted octanol–water partition coefficient (Wildman–Crippen LogP) is 10.5. The number of unbranched alkanes of at least 4 members (excludes halogenated alkanes) is 2. The monoisotopic (exact) mass is 536 g/mol. The number of rotatable bonds is 11. The van der Waals surface area contributed by atoms with Gasteiger partial charge in [-0.2, -0.15) is 22.0 Å². The Hall–Kier alpha value is -1.73. The predicted molar refractivity (Wildman–Crippen MR) is 131 cm³/mol. The van der Waals surface area contributed by atoms with Crippen LogP contribution in [-0.4, -0.2) is 12.3 Å². The van der Waals surface area contributed by atoms with Crippen LogP contribution in [-0.2, 0) is 0 Å². The first-order valence-corrected chi connectivity index (χ1v) is 13.8. The fraction of sp³-hybridized carbons (Fsp3) is 0.724. The summed E-state index contributed by atoms with van der Waals surface area (Å²) in [5.41, 5.74) is -0.963. The van der Waals surface area contributed by atoms with E-state index >= 15 is 0 Å². The molecule has 1 nitrogen and oxygen atoms in total. The molecule has 0 spiro atoms. The van der Waals surface area contributed by atoms with E-state index in [-0.39, 0.29) is 24.5 Å².